The van der Waals surface area contributed by atoms with Crippen molar-refractivity contribution in [3.63, 3.8) is 0 Å². The number of hydrogen-bond acceptors (Lipinski definition) is 6. The first-order valence-corrected chi connectivity index (χ1v) is 12.8. The summed E-state index contributed by atoms with van der Waals surface area (Å²) >= 11 is 0. The molecule has 3 heterocycles. The zero-order chi connectivity index (χ0) is 22.7. The van der Waals surface area contributed by atoms with E-state index in [-0.39, 0.29) is 5.56 Å². The van der Waals surface area contributed by atoms with E-state index in [1.54, 1.807) is 29.2 Å². The number of pyridine rings is 1. The van der Waals surface area contributed by atoms with Crippen LogP contribution in [0.3, 0.4) is 0 Å². The number of rotatable bonds is 7. The van der Waals surface area contributed by atoms with Gasteiger partial charge in [-0.15, -0.1) is 0 Å². The second-order valence-electron chi connectivity index (χ2n) is 8.52. The summed E-state index contributed by atoms with van der Waals surface area (Å²) in [5, 5.41) is 4.17. The molecule has 0 spiro atoms. The van der Waals surface area contributed by atoms with Crippen molar-refractivity contribution < 1.29 is 4.21 Å². The van der Waals surface area contributed by atoms with Gasteiger partial charge in [0.2, 0.25) is 5.95 Å². The Balaban J connectivity index is 1.56. The summed E-state index contributed by atoms with van der Waals surface area (Å²) in [6.45, 7) is 5.64. The Morgan fingerprint density at radius 3 is 2.56 bits per heavy atom. The highest BCUT2D eigenvalue weighted by Crippen LogP contribution is 2.23. The highest BCUT2D eigenvalue weighted by Gasteiger charge is 2.17. The molecule has 1 saturated heterocycles. The van der Waals surface area contributed by atoms with Crippen LogP contribution in [-0.2, 0) is 17.3 Å². The van der Waals surface area contributed by atoms with Crippen LogP contribution in [0.5, 0.6) is 0 Å². The normalized spacial score (nSPS) is 16.3. The maximum absolute atomic E-state index is 13.2. The van der Waals surface area contributed by atoms with E-state index in [0.29, 0.717) is 23.7 Å². The van der Waals surface area contributed by atoms with Crippen LogP contribution < -0.4 is 10.9 Å². The minimum Gasteiger partial charge on any atom is -0.354 e. The number of likely N-dealkylation sites (tertiary alicyclic amines) is 1. The molecule has 1 aliphatic heterocycles. The van der Waals surface area contributed by atoms with Gasteiger partial charge in [-0.1, -0.05) is 12.1 Å². The first-order chi connectivity index (χ1) is 15.5. The lowest BCUT2D eigenvalue weighted by Gasteiger charge is -2.28. The van der Waals surface area contributed by atoms with E-state index in [2.05, 4.69) is 27.2 Å². The summed E-state index contributed by atoms with van der Waals surface area (Å²) < 4.78 is 13.4. The highest BCUT2D eigenvalue weighted by atomic mass is 32.2. The number of anilines is 1. The molecule has 32 heavy (non-hydrogen) atoms. The van der Waals surface area contributed by atoms with Crippen molar-refractivity contribution in [2.45, 2.75) is 37.6 Å². The largest absolute Gasteiger partial charge is 0.354 e. The van der Waals surface area contributed by atoms with E-state index in [1.807, 2.05) is 25.1 Å². The number of nitrogens with zero attached hydrogens (tertiary/aromatic N) is 4. The molecule has 1 unspecified atom stereocenters. The Kier molecular flexibility index (Phi) is 7.01. The molecule has 170 valence electrons. The molecule has 7 nitrogen and oxygen atoms in total. The number of piperidine rings is 1. The van der Waals surface area contributed by atoms with Crippen LogP contribution in [0.2, 0.25) is 0 Å². The van der Waals surface area contributed by atoms with Gasteiger partial charge in [-0.2, -0.15) is 4.98 Å². The smallest absolute Gasteiger partial charge is 0.260 e. The Bertz CT molecular complexity index is 1170. The van der Waals surface area contributed by atoms with Gasteiger partial charge in [0.15, 0.2) is 0 Å². The van der Waals surface area contributed by atoms with Crippen molar-refractivity contribution in [3.05, 3.63) is 46.9 Å². The van der Waals surface area contributed by atoms with E-state index in [0.717, 1.165) is 34.7 Å². The molecule has 0 bridgehead atoms. The van der Waals surface area contributed by atoms with Crippen LogP contribution in [0.1, 0.15) is 26.2 Å². The molecule has 0 aliphatic carbocycles. The predicted molar refractivity (Wildman–Crippen MR) is 131 cm³/mol. The number of hydrogen-bond donors (Lipinski definition) is 1. The third-order valence-corrected chi connectivity index (χ3v) is 7.25. The van der Waals surface area contributed by atoms with Crippen LogP contribution in [0.25, 0.3) is 22.2 Å². The summed E-state index contributed by atoms with van der Waals surface area (Å²) in [5.41, 5.74) is 1.96. The van der Waals surface area contributed by atoms with Crippen molar-refractivity contribution in [1.29, 1.82) is 0 Å². The first-order valence-electron chi connectivity index (χ1n) is 11.2. The molecular weight excluding hydrogens is 422 g/mol. The average molecular weight is 454 g/mol. The van der Waals surface area contributed by atoms with Gasteiger partial charge >= 0.3 is 0 Å². The molecule has 0 saturated carbocycles. The molecular formula is C24H31N5O2S. The van der Waals surface area contributed by atoms with Gasteiger partial charge in [0.05, 0.1) is 0 Å². The quantitative estimate of drug-likeness (QED) is 0.591. The lowest BCUT2D eigenvalue weighted by atomic mass is 9.94. The number of nitrogens with one attached hydrogen (secondary N) is 1. The fraction of sp³-hybridized carbons (Fsp3) is 0.458. The third-order valence-electron chi connectivity index (χ3n) is 6.31. The van der Waals surface area contributed by atoms with Gasteiger partial charge in [-0.25, -0.2) is 4.98 Å². The van der Waals surface area contributed by atoms with Gasteiger partial charge in [-0.05, 0) is 76.0 Å². The van der Waals surface area contributed by atoms with Crippen molar-refractivity contribution in [1.82, 2.24) is 19.4 Å². The molecule has 4 rings (SSSR count). The third kappa shape index (κ3) is 4.91. The van der Waals surface area contributed by atoms with Crippen LogP contribution in [0, 0.1) is 5.92 Å². The lowest BCUT2D eigenvalue weighted by Crippen LogP contribution is -2.31. The standard InChI is InChI=1S/C24H31N5O2S/c1-4-29-22-19(15-21(23(29)30)18-5-7-20(8-6-18)32(3)31)16-26-24(27-22)25-12-9-17-10-13-28(2)14-11-17/h5-8,15-17H,4,9-14H2,1-3H3,(H,25,26,27). The zero-order valence-corrected chi connectivity index (χ0v) is 19.8. The highest BCUT2D eigenvalue weighted by molar-refractivity contribution is 7.84. The maximum atomic E-state index is 13.2. The van der Waals surface area contributed by atoms with Crippen LogP contribution >= 0.6 is 0 Å². The molecule has 1 atom stereocenters. The second-order valence-corrected chi connectivity index (χ2v) is 9.90. The van der Waals surface area contributed by atoms with Gasteiger partial charge in [-0.3, -0.25) is 13.6 Å². The molecule has 1 aliphatic rings. The Morgan fingerprint density at radius 1 is 1.19 bits per heavy atom. The van der Waals surface area contributed by atoms with Crippen LogP contribution in [0.15, 0.2) is 46.2 Å². The number of aryl methyl sites for hydroxylation is 1. The van der Waals surface area contributed by atoms with Gasteiger partial charge in [0, 0.05) is 52.2 Å². The fourth-order valence-electron chi connectivity index (χ4n) is 4.31. The van der Waals surface area contributed by atoms with Gasteiger partial charge in [0.25, 0.3) is 5.56 Å². The van der Waals surface area contributed by atoms with E-state index in [9.17, 15) is 9.00 Å². The van der Waals surface area contributed by atoms with E-state index in [4.69, 9.17) is 0 Å². The van der Waals surface area contributed by atoms with Crippen molar-refractivity contribution in [2.24, 2.45) is 5.92 Å². The predicted octanol–water partition coefficient (Wildman–Crippen LogP) is 3.36. The van der Waals surface area contributed by atoms with Crippen molar-refractivity contribution in [3.8, 4) is 11.1 Å². The summed E-state index contributed by atoms with van der Waals surface area (Å²) in [7, 11) is 1.13. The molecule has 0 radical (unpaired) electrons. The first kappa shape index (κ1) is 22.6. The molecule has 1 fully saturated rings. The van der Waals surface area contributed by atoms with E-state index < -0.39 is 10.8 Å². The Morgan fingerprint density at radius 2 is 1.91 bits per heavy atom. The lowest BCUT2D eigenvalue weighted by molar-refractivity contribution is 0.215. The van der Waals surface area contributed by atoms with Crippen molar-refractivity contribution >= 4 is 27.8 Å². The average Bonchev–Trinajstić information content (AvgIpc) is 2.80. The number of benzene rings is 1. The fourth-order valence-corrected chi connectivity index (χ4v) is 4.83. The SMILES string of the molecule is CCn1c(=O)c(-c2ccc(S(C)=O)cc2)cc2cnc(NCCC3CCN(C)CC3)nc21. The molecule has 8 heteroatoms. The van der Waals surface area contributed by atoms with Crippen molar-refractivity contribution in [2.75, 3.05) is 38.3 Å². The van der Waals surface area contributed by atoms with E-state index >= 15 is 0 Å². The molecule has 3 aromatic rings. The Hall–Kier alpha value is -2.58. The maximum Gasteiger partial charge on any atom is 0.260 e. The van der Waals surface area contributed by atoms with Gasteiger partial charge in [0.1, 0.15) is 5.65 Å². The minimum absolute atomic E-state index is 0.0821. The summed E-state index contributed by atoms with van der Waals surface area (Å²) in [6.07, 6.45) is 7.01. The zero-order valence-electron chi connectivity index (χ0n) is 19.0. The minimum atomic E-state index is -1.05. The van der Waals surface area contributed by atoms with Gasteiger partial charge < -0.3 is 10.2 Å². The molecule has 0 amide bonds. The van der Waals surface area contributed by atoms with Crippen LogP contribution in [0.4, 0.5) is 5.95 Å². The summed E-state index contributed by atoms with van der Waals surface area (Å²) in [4.78, 5) is 25.5. The summed E-state index contributed by atoms with van der Waals surface area (Å²) in [5.74, 6) is 1.31. The second kappa shape index (κ2) is 9.92. The number of aromatic nitrogens is 3. The number of fused-ring (bicyclic) bond motifs is 1. The van der Waals surface area contributed by atoms with Crippen LogP contribution in [-0.4, -0.2) is 56.6 Å². The monoisotopic (exact) mass is 453 g/mol. The molecule has 1 aromatic carbocycles. The Labute approximate surface area is 191 Å². The molecule has 1 N–H and O–H groups in total. The van der Waals surface area contributed by atoms with E-state index in [1.165, 1.54) is 25.9 Å². The summed E-state index contributed by atoms with van der Waals surface area (Å²) in [6, 6.07) is 9.15. The molecule has 2 aromatic heterocycles. The topological polar surface area (TPSA) is 80.1 Å².